The van der Waals surface area contributed by atoms with Crippen LogP contribution in [-0.2, 0) is 17.6 Å². The molecule has 1 aromatic carbocycles. The van der Waals surface area contributed by atoms with Gasteiger partial charge >= 0.3 is 0 Å². The van der Waals surface area contributed by atoms with Gasteiger partial charge in [0.1, 0.15) is 5.69 Å². The second-order valence-corrected chi connectivity index (χ2v) is 4.25. The van der Waals surface area contributed by atoms with E-state index in [-0.39, 0.29) is 17.8 Å². The van der Waals surface area contributed by atoms with E-state index in [4.69, 9.17) is 0 Å². The molecule has 0 atom stereocenters. The molecule has 0 radical (unpaired) electrons. The van der Waals surface area contributed by atoms with Crippen molar-refractivity contribution in [3.63, 3.8) is 0 Å². The van der Waals surface area contributed by atoms with Gasteiger partial charge in [0, 0.05) is 5.56 Å². The monoisotopic (exact) mass is 281 g/mol. The van der Waals surface area contributed by atoms with E-state index in [0.717, 1.165) is 12.5 Å². The molecule has 0 aliphatic carbocycles. The summed E-state index contributed by atoms with van der Waals surface area (Å²) < 4.78 is 31.0. The number of hydrogen-bond acceptors (Lipinski definition) is 4. The number of aromatic nitrogens is 2. The van der Waals surface area contributed by atoms with Crippen LogP contribution in [0.2, 0.25) is 0 Å². The number of rotatable bonds is 5. The molecule has 2 rings (SSSR count). The highest BCUT2D eigenvalue weighted by Crippen LogP contribution is 2.15. The Bertz CT molecular complexity index is 613. The average Bonchev–Trinajstić information content (AvgIpc) is 2.83. The second kappa shape index (κ2) is 6.23. The van der Waals surface area contributed by atoms with Gasteiger partial charge < -0.3 is 5.32 Å². The summed E-state index contributed by atoms with van der Waals surface area (Å²) in [4.78, 5) is 11.8. The number of halogens is 2. The third-order valence-electron chi connectivity index (χ3n) is 2.68. The molecule has 1 aromatic heterocycles. The summed E-state index contributed by atoms with van der Waals surface area (Å²) in [6.45, 7) is 1.95. The summed E-state index contributed by atoms with van der Waals surface area (Å²) in [7, 11) is 0. The maximum absolute atomic E-state index is 13.4. The zero-order valence-corrected chi connectivity index (χ0v) is 10.8. The lowest BCUT2D eigenvalue weighted by Gasteiger charge is -2.04. The van der Waals surface area contributed by atoms with Crippen LogP contribution < -0.4 is 5.32 Å². The van der Waals surface area contributed by atoms with Crippen LogP contribution in [0, 0.1) is 11.6 Å². The van der Waals surface area contributed by atoms with E-state index in [1.165, 1.54) is 12.1 Å². The molecule has 0 spiro atoms. The quantitative estimate of drug-likeness (QED) is 0.914. The molecule has 1 N–H and O–H groups in total. The van der Waals surface area contributed by atoms with Crippen molar-refractivity contribution in [3.8, 4) is 0 Å². The van der Waals surface area contributed by atoms with Gasteiger partial charge in [-0.05, 0) is 17.6 Å². The van der Waals surface area contributed by atoms with E-state index in [1.807, 2.05) is 6.92 Å². The summed E-state index contributed by atoms with van der Waals surface area (Å²) in [6, 6.07) is 3.70. The van der Waals surface area contributed by atoms with E-state index >= 15 is 0 Å². The van der Waals surface area contributed by atoms with Crippen LogP contribution in [-0.4, -0.2) is 16.2 Å². The van der Waals surface area contributed by atoms with Gasteiger partial charge in [-0.3, -0.25) is 4.79 Å². The van der Waals surface area contributed by atoms with E-state index in [1.54, 1.807) is 0 Å². The molecule has 0 aliphatic heterocycles. The molecule has 0 saturated carbocycles. The second-order valence-electron chi connectivity index (χ2n) is 4.25. The molecule has 0 saturated heterocycles. The van der Waals surface area contributed by atoms with Crippen LogP contribution in [0.3, 0.4) is 0 Å². The third kappa shape index (κ3) is 3.17. The summed E-state index contributed by atoms with van der Waals surface area (Å²) in [6.07, 6.45) is 1.13. The standard InChI is InChI=1S/C13H13F2N3O2/c1-2-4-10-13(18-20-17-10)16-11(19)7-8-5-3-6-9(14)12(8)15/h3,5-6H,2,4,7H2,1H3,(H,16,18,19). The summed E-state index contributed by atoms with van der Waals surface area (Å²) in [5, 5.41) is 9.71. The van der Waals surface area contributed by atoms with Crippen LogP contribution in [0.5, 0.6) is 0 Å². The number of benzene rings is 1. The first-order valence-electron chi connectivity index (χ1n) is 6.16. The number of nitrogens with zero attached hydrogens (tertiary/aromatic N) is 2. The van der Waals surface area contributed by atoms with E-state index in [2.05, 4.69) is 20.3 Å². The smallest absolute Gasteiger partial charge is 0.230 e. The van der Waals surface area contributed by atoms with Crippen LogP contribution in [0.25, 0.3) is 0 Å². The number of nitrogens with one attached hydrogen (secondary N) is 1. The fraction of sp³-hybridized carbons (Fsp3) is 0.308. The molecule has 1 heterocycles. The average molecular weight is 281 g/mol. The maximum atomic E-state index is 13.4. The SMILES string of the molecule is CCCc1nonc1NC(=O)Cc1cccc(F)c1F. The van der Waals surface area contributed by atoms with Crippen molar-refractivity contribution >= 4 is 11.7 Å². The van der Waals surface area contributed by atoms with Crippen LogP contribution >= 0.6 is 0 Å². The fourth-order valence-electron chi connectivity index (χ4n) is 1.74. The largest absolute Gasteiger partial charge is 0.306 e. The van der Waals surface area contributed by atoms with Crippen LogP contribution in [0.1, 0.15) is 24.6 Å². The van der Waals surface area contributed by atoms with E-state index in [9.17, 15) is 13.6 Å². The molecule has 20 heavy (non-hydrogen) atoms. The van der Waals surface area contributed by atoms with Crippen LogP contribution in [0.15, 0.2) is 22.8 Å². The molecular weight excluding hydrogens is 268 g/mol. The van der Waals surface area contributed by atoms with Gasteiger partial charge in [-0.1, -0.05) is 30.6 Å². The maximum Gasteiger partial charge on any atom is 0.230 e. The molecular formula is C13H13F2N3O2. The number of anilines is 1. The molecule has 0 aliphatic rings. The highest BCUT2D eigenvalue weighted by atomic mass is 19.2. The Morgan fingerprint density at radius 1 is 1.35 bits per heavy atom. The lowest BCUT2D eigenvalue weighted by molar-refractivity contribution is -0.115. The van der Waals surface area contributed by atoms with Crippen molar-refractivity contribution < 1.29 is 18.2 Å². The highest BCUT2D eigenvalue weighted by Gasteiger charge is 2.15. The Morgan fingerprint density at radius 2 is 2.15 bits per heavy atom. The van der Waals surface area contributed by atoms with Crippen molar-refractivity contribution in [1.82, 2.24) is 10.3 Å². The Kier molecular flexibility index (Phi) is 4.39. The zero-order valence-electron chi connectivity index (χ0n) is 10.8. The Morgan fingerprint density at radius 3 is 2.90 bits per heavy atom. The van der Waals surface area contributed by atoms with E-state index in [0.29, 0.717) is 12.1 Å². The minimum atomic E-state index is -1.02. The van der Waals surface area contributed by atoms with Gasteiger partial charge in [0.15, 0.2) is 11.6 Å². The van der Waals surface area contributed by atoms with Crippen molar-refractivity contribution in [2.45, 2.75) is 26.2 Å². The van der Waals surface area contributed by atoms with Gasteiger partial charge in [0.05, 0.1) is 6.42 Å². The molecule has 106 valence electrons. The summed E-state index contributed by atoms with van der Waals surface area (Å²) >= 11 is 0. The van der Waals surface area contributed by atoms with E-state index < -0.39 is 17.5 Å². The lowest BCUT2D eigenvalue weighted by atomic mass is 10.1. The van der Waals surface area contributed by atoms with Crippen LogP contribution in [0.4, 0.5) is 14.6 Å². The third-order valence-corrected chi connectivity index (χ3v) is 2.68. The number of carbonyl (C=O) groups is 1. The minimum Gasteiger partial charge on any atom is -0.306 e. The fourth-order valence-corrected chi connectivity index (χ4v) is 1.74. The number of hydrogen-bond donors (Lipinski definition) is 1. The minimum absolute atomic E-state index is 0.0176. The normalized spacial score (nSPS) is 10.6. The van der Waals surface area contributed by atoms with Crippen molar-refractivity contribution in [2.75, 3.05) is 5.32 Å². The molecule has 7 heteroatoms. The molecule has 0 bridgehead atoms. The lowest BCUT2D eigenvalue weighted by Crippen LogP contribution is -2.16. The Labute approximate surface area is 113 Å². The summed E-state index contributed by atoms with van der Waals surface area (Å²) in [5.41, 5.74) is 0.511. The first-order valence-corrected chi connectivity index (χ1v) is 6.16. The first-order chi connectivity index (χ1) is 9.61. The van der Waals surface area contributed by atoms with Crippen molar-refractivity contribution in [3.05, 3.63) is 41.1 Å². The molecule has 1 amide bonds. The van der Waals surface area contributed by atoms with Gasteiger partial charge in [0.25, 0.3) is 0 Å². The first kappa shape index (κ1) is 14.1. The van der Waals surface area contributed by atoms with Crippen molar-refractivity contribution in [2.24, 2.45) is 0 Å². The number of amides is 1. The Hall–Kier alpha value is -2.31. The highest BCUT2D eigenvalue weighted by molar-refractivity contribution is 5.91. The van der Waals surface area contributed by atoms with Gasteiger partial charge in [0.2, 0.25) is 11.7 Å². The predicted molar refractivity (Wildman–Crippen MR) is 67.0 cm³/mol. The zero-order chi connectivity index (χ0) is 14.5. The molecule has 0 unspecified atom stereocenters. The van der Waals surface area contributed by atoms with Gasteiger partial charge in [-0.2, -0.15) is 0 Å². The molecule has 0 fully saturated rings. The molecule has 2 aromatic rings. The topological polar surface area (TPSA) is 68.0 Å². The molecule has 5 nitrogen and oxygen atoms in total. The Balaban J connectivity index is 2.05. The van der Waals surface area contributed by atoms with Gasteiger partial charge in [-0.25, -0.2) is 13.4 Å². The summed E-state index contributed by atoms with van der Waals surface area (Å²) in [5.74, 6) is -2.30. The number of aryl methyl sites for hydroxylation is 1. The van der Waals surface area contributed by atoms with Crippen molar-refractivity contribution in [1.29, 1.82) is 0 Å². The van der Waals surface area contributed by atoms with Gasteiger partial charge in [-0.15, -0.1) is 0 Å². The predicted octanol–water partition coefficient (Wildman–Crippen LogP) is 2.48. The number of carbonyl (C=O) groups excluding carboxylic acids is 1.